The van der Waals surface area contributed by atoms with Gasteiger partial charge >= 0.3 is 0 Å². The number of rotatable bonds is 8. The third kappa shape index (κ3) is 4.40. The standard InChI is InChI=1S/C15H25BrS/c1-4-7-10-15(6-3,12-16)11-14-9-8-13(5-2)17-14/h8-9H,4-7,10-12H2,1-3H3. The van der Waals surface area contributed by atoms with Gasteiger partial charge in [-0.05, 0) is 43.2 Å². The second kappa shape index (κ2) is 7.58. The van der Waals surface area contributed by atoms with E-state index in [1.165, 1.54) is 43.4 Å². The van der Waals surface area contributed by atoms with Gasteiger partial charge in [-0.25, -0.2) is 0 Å². The minimum atomic E-state index is 0.478. The molecule has 2 heteroatoms. The van der Waals surface area contributed by atoms with E-state index in [1.54, 1.807) is 4.88 Å². The lowest BCUT2D eigenvalue weighted by Gasteiger charge is -2.30. The molecule has 0 spiro atoms. The first kappa shape index (κ1) is 15.2. The van der Waals surface area contributed by atoms with E-state index in [9.17, 15) is 0 Å². The van der Waals surface area contributed by atoms with Crippen LogP contribution in [0.3, 0.4) is 0 Å². The average molecular weight is 317 g/mol. The first-order valence-corrected chi connectivity index (χ1v) is 8.77. The van der Waals surface area contributed by atoms with Gasteiger partial charge in [-0.15, -0.1) is 11.3 Å². The Morgan fingerprint density at radius 3 is 2.35 bits per heavy atom. The van der Waals surface area contributed by atoms with E-state index in [0.717, 1.165) is 5.33 Å². The van der Waals surface area contributed by atoms with Gasteiger partial charge in [-0.3, -0.25) is 0 Å². The summed E-state index contributed by atoms with van der Waals surface area (Å²) in [6.45, 7) is 6.87. The summed E-state index contributed by atoms with van der Waals surface area (Å²) in [5.74, 6) is 0. The highest BCUT2D eigenvalue weighted by atomic mass is 79.9. The highest BCUT2D eigenvalue weighted by molar-refractivity contribution is 9.09. The summed E-state index contributed by atoms with van der Waals surface area (Å²) >= 11 is 5.75. The maximum absolute atomic E-state index is 3.75. The van der Waals surface area contributed by atoms with Crippen molar-refractivity contribution in [3.8, 4) is 0 Å². The number of hydrogen-bond acceptors (Lipinski definition) is 1. The van der Waals surface area contributed by atoms with E-state index in [-0.39, 0.29) is 0 Å². The molecule has 0 aliphatic rings. The number of thiophene rings is 1. The van der Waals surface area contributed by atoms with E-state index < -0.39 is 0 Å². The van der Waals surface area contributed by atoms with Gasteiger partial charge in [-0.2, -0.15) is 0 Å². The third-order valence-electron chi connectivity index (χ3n) is 3.71. The van der Waals surface area contributed by atoms with Crippen molar-refractivity contribution in [2.45, 2.75) is 59.3 Å². The monoisotopic (exact) mass is 316 g/mol. The molecule has 1 aromatic rings. The van der Waals surface area contributed by atoms with Crippen molar-refractivity contribution in [2.24, 2.45) is 5.41 Å². The second-order valence-corrected chi connectivity index (χ2v) is 6.80. The molecule has 1 heterocycles. The fourth-order valence-corrected chi connectivity index (χ4v) is 4.23. The molecular formula is C15H25BrS. The Hall–Kier alpha value is 0.180. The Balaban J connectivity index is 2.70. The van der Waals surface area contributed by atoms with Crippen molar-refractivity contribution >= 4 is 27.3 Å². The Morgan fingerprint density at radius 1 is 1.18 bits per heavy atom. The summed E-state index contributed by atoms with van der Waals surface area (Å²) < 4.78 is 0. The van der Waals surface area contributed by atoms with Crippen molar-refractivity contribution in [1.29, 1.82) is 0 Å². The smallest absolute Gasteiger partial charge is 0.00913 e. The first-order valence-electron chi connectivity index (χ1n) is 6.83. The molecule has 0 saturated heterocycles. The van der Waals surface area contributed by atoms with Crippen molar-refractivity contribution < 1.29 is 0 Å². The second-order valence-electron chi connectivity index (χ2n) is 4.99. The molecule has 0 aliphatic carbocycles. The zero-order chi connectivity index (χ0) is 12.7. The normalized spacial score (nSPS) is 14.8. The van der Waals surface area contributed by atoms with Gasteiger partial charge in [0.15, 0.2) is 0 Å². The fourth-order valence-electron chi connectivity index (χ4n) is 2.23. The molecule has 0 saturated carbocycles. The third-order valence-corrected chi connectivity index (χ3v) is 6.13. The number of unbranched alkanes of at least 4 members (excludes halogenated alkanes) is 1. The molecule has 0 fully saturated rings. The molecule has 1 unspecified atom stereocenters. The number of hydrogen-bond donors (Lipinski definition) is 0. The molecule has 0 amide bonds. The minimum absolute atomic E-state index is 0.478. The molecule has 0 bridgehead atoms. The van der Waals surface area contributed by atoms with Crippen molar-refractivity contribution in [1.82, 2.24) is 0 Å². The van der Waals surface area contributed by atoms with Crippen molar-refractivity contribution in [3.63, 3.8) is 0 Å². The summed E-state index contributed by atoms with van der Waals surface area (Å²) in [7, 11) is 0. The Kier molecular flexibility index (Phi) is 6.79. The van der Waals surface area contributed by atoms with Gasteiger partial charge in [0.2, 0.25) is 0 Å². The molecule has 1 rings (SSSR count). The largest absolute Gasteiger partial charge is 0.145 e. The predicted octanol–water partition coefficient (Wildman–Crippen LogP) is 5.83. The SMILES string of the molecule is CCCCC(CC)(CBr)Cc1ccc(CC)s1. The molecule has 98 valence electrons. The fraction of sp³-hybridized carbons (Fsp3) is 0.733. The van der Waals surface area contributed by atoms with E-state index in [4.69, 9.17) is 0 Å². The van der Waals surface area contributed by atoms with Gasteiger partial charge < -0.3 is 0 Å². The van der Waals surface area contributed by atoms with Gasteiger partial charge in [0, 0.05) is 15.1 Å². The van der Waals surface area contributed by atoms with E-state index >= 15 is 0 Å². The van der Waals surface area contributed by atoms with Crippen LogP contribution >= 0.6 is 27.3 Å². The quantitative estimate of drug-likeness (QED) is 0.529. The highest BCUT2D eigenvalue weighted by Gasteiger charge is 2.27. The maximum Gasteiger partial charge on any atom is 0.00913 e. The van der Waals surface area contributed by atoms with Crippen LogP contribution < -0.4 is 0 Å². The minimum Gasteiger partial charge on any atom is -0.145 e. The average Bonchev–Trinajstić information content (AvgIpc) is 2.82. The van der Waals surface area contributed by atoms with Crippen LogP contribution in [0.25, 0.3) is 0 Å². The summed E-state index contributed by atoms with van der Waals surface area (Å²) in [5.41, 5.74) is 0.478. The Labute approximate surface area is 119 Å². The zero-order valence-corrected chi connectivity index (χ0v) is 13.8. The van der Waals surface area contributed by atoms with E-state index in [0.29, 0.717) is 5.41 Å². The summed E-state index contributed by atoms with van der Waals surface area (Å²) in [4.78, 5) is 3.09. The van der Waals surface area contributed by atoms with Crippen LogP contribution in [0.4, 0.5) is 0 Å². The Morgan fingerprint density at radius 2 is 1.88 bits per heavy atom. The van der Waals surface area contributed by atoms with Gasteiger partial charge in [0.25, 0.3) is 0 Å². The van der Waals surface area contributed by atoms with Crippen molar-refractivity contribution in [3.05, 3.63) is 21.9 Å². The predicted molar refractivity (Wildman–Crippen MR) is 83.4 cm³/mol. The van der Waals surface area contributed by atoms with Crippen LogP contribution in [0.15, 0.2) is 12.1 Å². The lowest BCUT2D eigenvalue weighted by atomic mass is 9.79. The van der Waals surface area contributed by atoms with Gasteiger partial charge in [0.05, 0.1) is 0 Å². The Bertz CT molecular complexity index is 312. The number of aryl methyl sites for hydroxylation is 1. The molecule has 0 N–H and O–H groups in total. The molecular weight excluding hydrogens is 292 g/mol. The summed E-state index contributed by atoms with van der Waals surface area (Å²) in [6.07, 6.45) is 7.71. The molecule has 17 heavy (non-hydrogen) atoms. The van der Waals surface area contributed by atoms with Crippen LogP contribution in [-0.4, -0.2) is 5.33 Å². The van der Waals surface area contributed by atoms with Gasteiger partial charge in [-0.1, -0.05) is 49.5 Å². The number of halogens is 1. The summed E-state index contributed by atoms with van der Waals surface area (Å²) in [6, 6.07) is 4.64. The van der Waals surface area contributed by atoms with E-state index in [1.807, 2.05) is 11.3 Å². The molecule has 1 atom stereocenters. The van der Waals surface area contributed by atoms with Crippen LogP contribution in [0.5, 0.6) is 0 Å². The molecule has 0 aliphatic heterocycles. The van der Waals surface area contributed by atoms with Crippen LogP contribution in [0, 0.1) is 5.41 Å². The molecule has 1 aromatic heterocycles. The maximum atomic E-state index is 3.75. The van der Waals surface area contributed by atoms with Crippen molar-refractivity contribution in [2.75, 3.05) is 5.33 Å². The number of alkyl halides is 1. The molecule has 0 aromatic carbocycles. The highest BCUT2D eigenvalue weighted by Crippen LogP contribution is 2.36. The van der Waals surface area contributed by atoms with Crippen LogP contribution in [0.2, 0.25) is 0 Å². The molecule has 0 radical (unpaired) electrons. The zero-order valence-electron chi connectivity index (χ0n) is 11.4. The molecule has 0 nitrogen and oxygen atoms in total. The lowest BCUT2D eigenvalue weighted by Crippen LogP contribution is -2.24. The van der Waals surface area contributed by atoms with Gasteiger partial charge in [0.1, 0.15) is 0 Å². The van der Waals surface area contributed by atoms with Crippen LogP contribution in [-0.2, 0) is 12.8 Å². The lowest BCUT2D eigenvalue weighted by molar-refractivity contribution is 0.286. The topological polar surface area (TPSA) is 0 Å². The summed E-state index contributed by atoms with van der Waals surface area (Å²) in [5, 5.41) is 1.13. The van der Waals surface area contributed by atoms with E-state index in [2.05, 4.69) is 48.8 Å². The first-order chi connectivity index (χ1) is 8.19. The van der Waals surface area contributed by atoms with Crippen LogP contribution in [0.1, 0.15) is 56.2 Å².